The topological polar surface area (TPSA) is 255 Å². The van der Waals surface area contributed by atoms with Gasteiger partial charge in [-0.3, -0.25) is 9.59 Å². The second kappa shape index (κ2) is 26.1. The first-order valence-corrected chi connectivity index (χ1v) is 26.9. The summed E-state index contributed by atoms with van der Waals surface area (Å²) in [7, 11) is 3.90. The zero-order valence-corrected chi connectivity index (χ0v) is 44.9. The van der Waals surface area contributed by atoms with Gasteiger partial charge in [0.15, 0.2) is 23.3 Å². The summed E-state index contributed by atoms with van der Waals surface area (Å²) in [5.41, 5.74) is 8.75. The number of morpholine rings is 2. The first kappa shape index (κ1) is 54.4. The van der Waals surface area contributed by atoms with Gasteiger partial charge in [-0.15, -0.1) is 0 Å². The Morgan fingerprint density at radius 3 is 1.29 bits per heavy atom. The van der Waals surface area contributed by atoms with E-state index in [4.69, 9.17) is 29.4 Å². The molecule has 7 heterocycles. The summed E-state index contributed by atoms with van der Waals surface area (Å²) in [6.07, 6.45) is 6.21. The molecule has 11 rings (SSSR count). The average Bonchev–Trinajstić information content (AvgIpc) is 4.31. The standard InChI is InChI=1S/C30H34N8O3.C28H32N8O3/c39-29(32-13-16-37-14-1-2-15-37)22-5-9-24(10-6-22)34-30(40)33-23-7-3-21(4-8-23)27-35-25-11-12-31-26(25)28(36-27)38-17-19-41-20-18-38;1-35(2)14-13-30-27(37)20-5-9-22(10-6-20)32-28(38)31-21-7-3-19(4-8-21)25-33-23-11-12-29-24(23)26(34-25)36-15-17-39-18-16-36/h3-12,31H,1-2,13-20H2,(H,32,39)(H2,33,34,40);3-12,29H,13-18H2,1-2H3,(H,30,37)(H2,31,32,38). The molecule has 22 nitrogen and oxygen atoms in total. The maximum absolute atomic E-state index is 12.6. The Labute approximate surface area is 463 Å². The zero-order chi connectivity index (χ0) is 55.2. The molecule has 8 N–H and O–H groups in total. The SMILES string of the molecule is CN(C)CCNC(=O)c1ccc(NC(=O)Nc2ccc(-c3nc(N4CCOCC4)c4[nH]ccc4n3)cc2)cc1.O=C(Nc1ccc(C(=O)NCCN2CCCC2)cc1)Nc1ccc(-c2nc(N3CCOCC3)c3[nH]ccc3n2)cc1. The van der Waals surface area contributed by atoms with Crippen LogP contribution in [0.2, 0.25) is 0 Å². The lowest BCUT2D eigenvalue weighted by Crippen LogP contribution is -2.37. The first-order valence-electron chi connectivity index (χ1n) is 26.9. The van der Waals surface area contributed by atoms with E-state index in [9.17, 15) is 19.2 Å². The van der Waals surface area contributed by atoms with Gasteiger partial charge in [0.25, 0.3) is 11.8 Å². The van der Waals surface area contributed by atoms with Gasteiger partial charge in [0.1, 0.15) is 11.0 Å². The molecule has 8 aromatic rings. The molecule has 0 saturated carbocycles. The second-order valence-corrected chi connectivity index (χ2v) is 19.7. The van der Waals surface area contributed by atoms with Crippen molar-refractivity contribution in [3.8, 4) is 22.8 Å². The number of H-pyrrole nitrogens is 2. The molecule has 3 fully saturated rings. The van der Waals surface area contributed by atoms with Crippen LogP contribution in [0.5, 0.6) is 0 Å². The quantitative estimate of drug-likeness (QED) is 0.0472. The lowest BCUT2D eigenvalue weighted by molar-refractivity contribution is 0.0942. The Morgan fingerprint density at radius 1 is 0.500 bits per heavy atom. The van der Waals surface area contributed by atoms with Crippen molar-refractivity contribution in [1.82, 2.24) is 50.3 Å². The van der Waals surface area contributed by atoms with Crippen molar-refractivity contribution in [2.24, 2.45) is 0 Å². The van der Waals surface area contributed by atoms with E-state index in [1.165, 1.54) is 12.8 Å². The van der Waals surface area contributed by atoms with E-state index in [-0.39, 0.29) is 23.9 Å². The molecule has 3 saturated heterocycles. The molecule has 3 aliphatic heterocycles. The van der Waals surface area contributed by atoms with Crippen molar-refractivity contribution in [3.63, 3.8) is 0 Å². The molecule has 0 atom stereocenters. The number of carbonyl (C=O) groups is 4. The number of nitrogens with one attached hydrogen (secondary N) is 8. The summed E-state index contributed by atoms with van der Waals surface area (Å²) >= 11 is 0. The summed E-state index contributed by atoms with van der Waals surface area (Å²) in [6, 6.07) is 31.6. The van der Waals surface area contributed by atoms with Gasteiger partial charge >= 0.3 is 12.1 Å². The molecule has 80 heavy (non-hydrogen) atoms. The molecule has 414 valence electrons. The Bertz CT molecular complexity index is 3370. The molecule has 0 spiro atoms. The number of rotatable bonds is 16. The van der Waals surface area contributed by atoms with Gasteiger partial charge in [-0.1, -0.05) is 0 Å². The molecule has 4 aromatic heterocycles. The number of aromatic nitrogens is 6. The molecular formula is C58H66N16O6. The Kier molecular flexibility index (Phi) is 17.8. The van der Waals surface area contributed by atoms with Crippen LogP contribution in [0.4, 0.5) is 44.0 Å². The number of aromatic amines is 2. The number of nitrogens with zero attached hydrogens (tertiary/aromatic N) is 8. The summed E-state index contributed by atoms with van der Waals surface area (Å²) in [4.78, 5) is 84.3. The monoisotopic (exact) mass is 1080 g/mol. The van der Waals surface area contributed by atoms with Gasteiger partial charge < -0.3 is 70.9 Å². The summed E-state index contributed by atoms with van der Waals surface area (Å²) < 4.78 is 11.0. The molecule has 0 radical (unpaired) electrons. The molecule has 6 amide bonds. The number of carbonyl (C=O) groups excluding carboxylic acids is 4. The van der Waals surface area contributed by atoms with Gasteiger partial charge in [-0.05, 0) is 149 Å². The van der Waals surface area contributed by atoms with E-state index in [1.54, 1.807) is 48.5 Å². The van der Waals surface area contributed by atoms with Gasteiger partial charge in [0.05, 0.1) is 37.5 Å². The normalized spacial score (nSPS) is 14.6. The van der Waals surface area contributed by atoms with Crippen molar-refractivity contribution >= 4 is 80.3 Å². The number of ether oxygens (including phenoxy) is 2. The van der Waals surface area contributed by atoms with Gasteiger partial charge in [-0.2, -0.15) is 0 Å². The lowest BCUT2D eigenvalue weighted by atomic mass is 10.2. The number of likely N-dealkylation sites (N-methyl/N-ethyl adjacent to an activating group) is 1. The highest BCUT2D eigenvalue weighted by Crippen LogP contribution is 2.30. The fourth-order valence-electron chi connectivity index (χ4n) is 9.46. The number of likely N-dealkylation sites (tertiary alicyclic amines) is 1. The van der Waals surface area contributed by atoms with Gasteiger partial charge in [0.2, 0.25) is 0 Å². The highest BCUT2D eigenvalue weighted by atomic mass is 16.5. The molecular weight excluding hydrogens is 1020 g/mol. The summed E-state index contributed by atoms with van der Waals surface area (Å²) in [5, 5.41) is 17.1. The third-order valence-corrected chi connectivity index (χ3v) is 13.8. The van der Waals surface area contributed by atoms with Crippen LogP contribution in [0.25, 0.3) is 44.8 Å². The van der Waals surface area contributed by atoms with E-state index >= 15 is 0 Å². The predicted molar refractivity (Wildman–Crippen MR) is 312 cm³/mol. The number of amides is 6. The van der Waals surface area contributed by atoms with E-state index < -0.39 is 0 Å². The highest BCUT2D eigenvalue weighted by Gasteiger charge is 2.21. The van der Waals surface area contributed by atoms with Gasteiger partial charge in [0, 0.05) is 110 Å². The third-order valence-electron chi connectivity index (χ3n) is 13.8. The minimum absolute atomic E-state index is 0.114. The molecule has 3 aliphatic rings. The second-order valence-electron chi connectivity index (χ2n) is 19.7. The molecule has 4 aromatic carbocycles. The van der Waals surface area contributed by atoms with Crippen molar-refractivity contribution in [2.75, 3.05) is 137 Å². The minimum atomic E-state index is -0.384. The predicted octanol–water partition coefficient (Wildman–Crippen LogP) is 7.33. The van der Waals surface area contributed by atoms with Gasteiger partial charge in [-0.25, -0.2) is 29.5 Å². The van der Waals surface area contributed by atoms with Crippen molar-refractivity contribution in [1.29, 1.82) is 0 Å². The summed E-state index contributed by atoms with van der Waals surface area (Å²) in [6.45, 7) is 10.8. The molecule has 0 bridgehead atoms. The molecule has 22 heteroatoms. The minimum Gasteiger partial charge on any atom is -0.378 e. The van der Waals surface area contributed by atoms with E-state index in [2.05, 4.69) is 56.6 Å². The van der Waals surface area contributed by atoms with Crippen LogP contribution in [-0.4, -0.2) is 170 Å². The van der Waals surface area contributed by atoms with Crippen LogP contribution < -0.4 is 41.7 Å². The number of benzene rings is 4. The third kappa shape index (κ3) is 14.2. The van der Waals surface area contributed by atoms with Crippen LogP contribution in [-0.2, 0) is 9.47 Å². The largest absolute Gasteiger partial charge is 0.378 e. The maximum Gasteiger partial charge on any atom is 0.323 e. The van der Waals surface area contributed by atoms with E-state index in [1.807, 2.05) is 92.1 Å². The fraction of sp³-hybridized carbons (Fsp3) is 0.310. The number of hydrogen-bond donors (Lipinski definition) is 8. The number of anilines is 6. The van der Waals surface area contributed by atoms with Crippen LogP contribution in [0, 0.1) is 0 Å². The van der Waals surface area contributed by atoms with E-state index in [0.29, 0.717) is 85.0 Å². The fourth-order valence-corrected chi connectivity index (χ4v) is 9.46. The smallest absolute Gasteiger partial charge is 0.323 e. The Balaban J connectivity index is 0.000000180. The highest BCUT2D eigenvalue weighted by molar-refractivity contribution is 6.02. The summed E-state index contributed by atoms with van der Waals surface area (Å²) in [5.74, 6) is 2.70. The van der Waals surface area contributed by atoms with Crippen LogP contribution in [0.1, 0.15) is 33.6 Å². The first-order chi connectivity index (χ1) is 39.1. The maximum atomic E-state index is 12.6. The van der Waals surface area contributed by atoms with Crippen molar-refractivity contribution < 1.29 is 28.7 Å². The van der Waals surface area contributed by atoms with E-state index in [0.717, 1.165) is 97.2 Å². The van der Waals surface area contributed by atoms with Crippen LogP contribution in [0.3, 0.4) is 0 Å². The van der Waals surface area contributed by atoms with Crippen LogP contribution in [0.15, 0.2) is 122 Å². The lowest BCUT2D eigenvalue weighted by Gasteiger charge is -2.28. The zero-order valence-electron chi connectivity index (χ0n) is 44.9. The van der Waals surface area contributed by atoms with Crippen molar-refractivity contribution in [2.45, 2.75) is 12.8 Å². The number of fused-ring (bicyclic) bond motifs is 2. The molecule has 0 aliphatic carbocycles. The average molecular weight is 1080 g/mol. The Hall–Kier alpha value is -8.96. The number of hydrogen-bond acceptors (Lipinski definition) is 14. The number of urea groups is 2. The molecule has 0 unspecified atom stereocenters. The van der Waals surface area contributed by atoms with Crippen LogP contribution >= 0.6 is 0 Å². The van der Waals surface area contributed by atoms with Crippen molar-refractivity contribution in [3.05, 3.63) is 133 Å². The Morgan fingerprint density at radius 2 is 0.887 bits per heavy atom.